The molecular formula is C16H20ClN3. The maximum atomic E-state index is 6.36. The average molecular weight is 290 g/mol. The van der Waals surface area contributed by atoms with Crippen molar-refractivity contribution in [3.8, 4) is 11.3 Å². The molecule has 106 valence electrons. The van der Waals surface area contributed by atoms with E-state index in [2.05, 4.69) is 18.4 Å². The molecule has 1 saturated carbocycles. The summed E-state index contributed by atoms with van der Waals surface area (Å²) in [5.74, 6) is 2.55. The Morgan fingerprint density at radius 1 is 1.40 bits per heavy atom. The minimum Gasteiger partial charge on any atom is -0.383 e. The van der Waals surface area contributed by atoms with Gasteiger partial charge in [-0.1, -0.05) is 24.6 Å². The molecule has 0 bridgehead atoms. The first-order chi connectivity index (χ1) is 9.61. The molecule has 3 rings (SSSR count). The fourth-order valence-electron chi connectivity index (χ4n) is 2.69. The van der Waals surface area contributed by atoms with Crippen LogP contribution in [0, 0.1) is 6.92 Å². The van der Waals surface area contributed by atoms with Gasteiger partial charge in [0.15, 0.2) is 0 Å². The van der Waals surface area contributed by atoms with E-state index in [1.165, 1.54) is 12.8 Å². The van der Waals surface area contributed by atoms with Gasteiger partial charge in [0.25, 0.3) is 0 Å². The predicted molar refractivity (Wildman–Crippen MR) is 84.1 cm³/mol. The SMILES string of the molecule is CCCn1c(C2CC2)nc(-c2ccc(Cl)cc2C)c1N. The summed E-state index contributed by atoms with van der Waals surface area (Å²) < 4.78 is 2.20. The summed E-state index contributed by atoms with van der Waals surface area (Å²) in [6.07, 6.45) is 3.54. The number of nitrogens with two attached hydrogens (primary N) is 1. The highest BCUT2D eigenvalue weighted by Crippen LogP contribution is 2.42. The van der Waals surface area contributed by atoms with Gasteiger partial charge in [-0.2, -0.15) is 0 Å². The number of hydrogen-bond donors (Lipinski definition) is 1. The van der Waals surface area contributed by atoms with Crippen molar-refractivity contribution in [2.75, 3.05) is 5.73 Å². The van der Waals surface area contributed by atoms with Gasteiger partial charge in [-0.05, 0) is 43.9 Å². The Hall–Kier alpha value is -1.48. The number of nitrogens with zero attached hydrogens (tertiary/aromatic N) is 2. The van der Waals surface area contributed by atoms with E-state index < -0.39 is 0 Å². The molecule has 3 nitrogen and oxygen atoms in total. The highest BCUT2D eigenvalue weighted by molar-refractivity contribution is 6.30. The van der Waals surface area contributed by atoms with Crippen LogP contribution < -0.4 is 5.73 Å². The third-order valence-electron chi connectivity index (χ3n) is 3.87. The Morgan fingerprint density at radius 2 is 2.15 bits per heavy atom. The lowest BCUT2D eigenvalue weighted by molar-refractivity contribution is 0.646. The molecule has 4 heteroatoms. The van der Waals surface area contributed by atoms with Gasteiger partial charge in [0.05, 0.1) is 0 Å². The third kappa shape index (κ3) is 2.31. The van der Waals surface area contributed by atoms with Gasteiger partial charge in [-0.15, -0.1) is 0 Å². The number of aryl methyl sites for hydroxylation is 1. The first-order valence-corrected chi connectivity index (χ1v) is 7.62. The number of halogens is 1. The summed E-state index contributed by atoms with van der Waals surface area (Å²) in [4.78, 5) is 4.85. The molecule has 1 aliphatic carbocycles. The standard InChI is InChI=1S/C16H20ClN3/c1-3-8-20-15(18)14(19-16(20)11-4-5-11)13-7-6-12(17)9-10(13)2/h6-7,9,11H,3-5,8,18H2,1-2H3. The van der Waals surface area contributed by atoms with Crippen molar-refractivity contribution in [1.29, 1.82) is 0 Å². The number of nitrogen functional groups attached to an aromatic ring is 1. The van der Waals surface area contributed by atoms with E-state index in [9.17, 15) is 0 Å². The lowest BCUT2D eigenvalue weighted by Gasteiger charge is -2.08. The summed E-state index contributed by atoms with van der Waals surface area (Å²) in [7, 11) is 0. The zero-order valence-electron chi connectivity index (χ0n) is 12.0. The van der Waals surface area contributed by atoms with Crippen LogP contribution >= 0.6 is 11.6 Å². The second-order valence-electron chi connectivity index (χ2n) is 5.59. The normalized spacial score (nSPS) is 14.8. The minimum absolute atomic E-state index is 0.602. The molecule has 0 unspecified atom stereocenters. The van der Waals surface area contributed by atoms with Crippen molar-refractivity contribution < 1.29 is 0 Å². The number of rotatable bonds is 4. The smallest absolute Gasteiger partial charge is 0.131 e. The van der Waals surface area contributed by atoms with Crippen molar-refractivity contribution in [3.05, 3.63) is 34.6 Å². The van der Waals surface area contributed by atoms with Crippen molar-refractivity contribution in [2.45, 2.75) is 45.6 Å². The van der Waals surface area contributed by atoms with Gasteiger partial charge >= 0.3 is 0 Å². The molecule has 2 N–H and O–H groups in total. The number of benzene rings is 1. The van der Waals surface area contributed by atoms with Crippen molar-refractivity contribution >= 4 is 17.4 Å². The second kappa shape index (κ2) is 5.13. The van der Waals surface area contributed by atoms with Crippen LogP contribution in [0.2, 0.25) is 5.02 Å². The first kappa shape index (κ1) is 13.5. The largest absolute Gasteiger partial charge is 0.383 e. The van der Waals surface area contributed by atoms with Crippen molar-refractivity contribution in [2.24, 2.45) is 0 Å². The van der Waals surface area contributed by atoms with Crippen LogP contribution in [0.5, 0.6) is 0 Å². The van der Waals surface area contributed by atoms with E-state index in [0.29, 0.717) is 5.92 Å². The summed E-state index contributed by atoms with van der Waals surface area (Å²) >= 11 is 6.03. The zero-order chi connectivity index (χ0) is 14.3. The summed E-state index contributed by atoms with van der Waals surface area (Å²) in [5.41, 5.74) is 9.48. The van der Waals surface area contributed by atoms with Crippen LogP contribution in [0.25, 0.3) is 11.3 Å². The molecule has 0 aliphatic heterocycles. The molecule has 1 aromatic carbocycles. The second-order valence-corrected chi connectivity index (χ2v) is 6.03. The van der Waals surface area contributed by atoms with Crippen LogP contribution in [0.1, 0.15) is 43.5 Å². The maximum Gasteiger partial charge on any atom is 0.131 e. The zero-order valence-corrected chi connectivity index (χ0v) is 12.7. The van der Waals surface area contributed by atoms with Crippen LogP contribution in [-0.4, -0.2) is 9.55 Å². The van der Waals surface area contributed by atoms with Gasteiger partial charge in [0.2, 0.25) is 0 Å². The monoisotopic (exact) mass is 289 g/mol. The van der Waals surface area contributed by atoms with Gasteiger partial charge in [-0.25, -0.2) is 4.98 Å². The molecular weight excluding hydrogens is 270 g/mol. The number of anilines is 1. The van der Waals surface area contributed by atoms with Crippen molar-refractivity contribution in [1.82, 2.24) is 9.55 Å². The highest BCUT2D eigenvalue weighted by atomic mass is 35.5. The topological polar surface area (TPSA) is 43.8 Å². The lowest BCUT2D eigenvalue weighted by atomic mass is 10.1. The quantitative estimate of drug-likeness (QED) is 0.907. The molecule has 0 amide bonds. The van der Waals surface area contributed by atoms with E-state index in [-0.39, 0.29) is 0 Å². The Labute approximate surface area is 124 Å². The number of aromatic nitrogens is 2. The lowest BCUT2D eigenvalue weighted by Crippen LogP contribution is -2.06. The molecule has 1 aromatic heterocycles. The fourth-order valence-corrected chi connectivity index (χ4v) is 2.91. The Bertz CT molecular complexity index is 641. The van der Waals surface area contributed by atoms with E-state index in [4.69, 9.17) is 22.3 Å². The average Bonchev–Trinajstić information content (AvgIpc) is 3.19. The molecule has 0 radical (unpaired) electrons. The minimum atomic E-state index is 0.602. The third-order valence-corrected chi connectivity index (χ3v) is 4.10. The molecule has 0 saturated heterocycles. The molecule has 20 heavy (non-hydrogen) atoms. The Morgan fingerprint density at radius 3 is 2.75 bits per heavy atom. The molecule has 1 heterocycles. The summed E-state index contributed by atoms with van der Waals surface area (Å²) in [6, 6.07) is 5.88. The van der Waals surface area contributed by atoms with E-state index in [1.54, 1.807) is 0 Å². The van der Waals surface area contributed by atoms with Crippen LogP contribution in [0.3, 0.4) is 0 Å². The Kier molecular flexibility index (Phi) is 3.47. The van der Waals surface area contributed by atoms with E-state index in [0.717, 1.165) is 46.5 Å². The van der Waals surface area contributed by atoms with E-state index >= 15 is 0 Å². The molecule has 2 aromatic rings. The van der Waals surface area contributed by atoms with Crippen LogP contribution in [0.15, 0.2) is 18.2 Å². The molecule has 1 aliphatic rings. The summed E-state index contributed by atoms with van der Waals surface area (Å²) in [6.45, 7) is 5.16. The van der Waals surface area contributed by atoms with Crippen molar-refractivity contribution in [3.63, 3.8) is 0 Å². The van der Waals surface area contributed by atoms with Crippen LogP contribution in [-0.2, 0) is 6.54 Å². The van der Waals surface area contributed by atoms with E-state index in [1.807, 2.05) is 18.2 Å². The number of imidazole rings is 1. The summed E-state index contributed by atoms with van der Waals surface area (Å²) in [5, 5.41) is 0.750. The highest BCUT2D eigenvalue weighted by Gasteiger charge is 2.31. The van der Waals surface area contributed by atoms with Crippen LogP contribution in [0.4, 0.5) is 5.82 Å². The first-order valence-electron chi connectivity index (χ1n) is 7.24. The Balaban J connectivity index is 2.11. The van der Waals surface area contributed by atoms with Gasteiger partial charge in [0.1, 0.15) is 17.3 Å². The maximum absolute atomic E-state index is 6.36. The van der Waals surface area contributed by atoms with Gasteiger partial charge in [-0.3, -0.25) is 0 Å². The number of hydrogen-bond acceptors (Lipinski definition) is 2. The predicted octanol–water partition coefficient (Wildman–Crippen LogP) is 4.38. The molecule has 1 fully saturated rings. The van der Waals surface area contributed by atoms with Gasteiger partial charge < -0.3 is 10.3 Å². The van der Waals surface area contributed by atoms with Gasteiger partial charge in [0, 0.05) is 23.0 Å². The fraction of sp³-hybridized carbons (Fsp3) is 0.438. The molecule has 0 atom stereocenters. The molecule has 0 spiro atoms.